The van der Waals surface area contributed by atoms with Gasteiger partial charge in [-0.05, 0) is 25.3 Å². The molecule has 134 valence electrons. The second kappa shape index (κ2) is 11.0. The zero-order valence-corrected chi connectivity index (χ0v) is 14.0. The molecule has 0 aliphatic carbocycles. The lowest BCUT2D eigenvalue weighted by Gasteiger charge is -2.27. The van der Waals surface area contributed by atoms with E-state index in [-0.39, 0.29) is 31.2 Å². The third-order valence-corrected chi connectivity index (χ3v) is 3.33. The fraction of sp³-hybridized carbons (Fsp3) is 0.800. The molecule has 2 amide bonds. The van der Waals surface area contributed by atoms with E-state index in [1.165, 1.54) is 0 Å². The van der Waals surface area contributed by atoms with Crippen molar-refractivity contribution >= 4 is 17.8 Å². The lowest BCUT2D eigenvalue weighted by molar-refractivity contribution is -0.140. The Labute approximate surface area is 136 Å². The van der Waals surface area contributed by atoms with Crippen molar-refractivity contribution in [3.8, 4) is 0 Å². The summed E-state index contributed by atoms with van der Waals surface area (Å²) < 4.78 is 0. The molecule has 8 nitrogen and oxygen atoms in total. The van der Waals surface area contributed by atoms with Crippen LogP contribution in [-0.4, -0.2) is 52.7 Å². The quantitative estimate of drug-likeness (QED) is 0.349. The van der Waals surface area contributed by atoms with E-state index in [9.17, 15) is 19.5 Å². The van der Waals surface area contributed by atoms with E-state index in [0.29, 0.717) is 6.42 Å². The Hall–Kier alpha value is -1.67. The SMILES string of the molecule is CCC(=O)N[C@@H](CCN)C(=O)N[C@@H](CC(C)C)[C@@H](O)CC(=O)O. The molecule has 0 spiro atoms. The molecule has 0 aromatic rings. The molecule has 23 heavy (non-hydrogen) atoms. The monoisotopic (exact) mass is 331 g/mol. The average Bonchev–Trinajstić information content (AvgIpc) is 2.44. The summed E-state index contributed by atoms with van der Waals surface area (Å²) in [6, 6.07) is -1.49. The van der Waals surface area contributed by atoms with Crippen LogP contribution in [0.3, 0.4) is 0 Å². The molecule has 0 bridgehead atoms. The third-order valence-electron chi connectivity index (χ3n) is 3.33. The van der Waals surface area contributed by atoms with Crippen LogP contribution in [0.4, 0.5) is 0 Å². The number of nitrogens with two attached hydrogens (primary N) is 1. The molecule has 0 heterocycles. The Morgan fingerprint density at radius 1 is 1.17 bits per heavy atom. The van der Waals surface area contributed by atoms with Crippen LogP contribution >= 0.6 is 0 Å². The Morgan fingerprint density at radius 2 is 1.78 bits per heavy atom. The normalized spacial score (nSPS) is 14.9. The minimum absolute atomic E-state index is 0.155. The minimum Gasteiger partial charge on any atom is -0.481 e. The molecular weight excluding hydrogens is 302 g/mol. The molecule has 0 rings (SSSR count). The summed E-state index contributed by atoms with van der Waals surface area (Å²) in [5.74, 6) is -1.72. The van der Waals surface area contributed by atoms with Gasteiger partial charge in [0.15, 0.2) is 0 Å². The van der Waals surface area contributed by atoms with Crippen molar-refractivity contribution in [2.45, 2.75) is 64.6 Å². The van der Waals surface area contributed by atoms with E-state index in [1.807, 2.05) is 13.8 Å². The first-order valence-electron chi connectivity index (χ1n) is 7.90. The average molecular weight is 331 g/mol. The molecule has 0 radical (unpaired) electrons. The highest BCUT2D eigenvalue weighted by molar-refractivity contribution is 5.87. The van der Waals surface area contributed by atoms with E-state index >= 15 is 0 Å². The maximum Gasteiger partial charge on any atom is 0.306 e. The van der Waals surface area contributed by atoms with Gasteiger partial charge in [0.1, 0.15) is 6.04 Å². The van der Waals surface area contributed by atoms with Crippen LogP contribution in [0.1, 0.15) is 46.5 Å². The Bertz CT molecular complexity index is 401. The van der Waals surface area contributed by atoms with Crippen LogP contribution in [0.15, 0.2) is 0 Å². The number of carbonyl (C=O) groups is 3. The van der Waals surface area contributed by atoms with Crippen molar-refractivity contribution in [2.24, 2.45) is 11.7 Å². The zero-order valence-electron chi connectivity index (χ0n) is 14.0. The van der Waals surface area contributed by atoms with E-state index < -0.39 is 36.5 Å². The van der Waals surface area contributed by atoms with Gasteiger partial charge in [-0.3, -0.25) is 14.4 Å². The van der Waals surface area contributed by atoms with Crippen LogP contribution in [0.5, 0.6) is 0 Å². The highest BCUT2D eigenvalue weighted by Gasteiger charge is 2.28. The third kappa shape index (κ3) is 9.14. The Balaban J connectivity index is 4.93. The van der Waals surface area contributed by atoms with Gasteiger partial charge in [0.2, 0.25) is 11.8 Å². The van der Waals surface area contributed by atoms with Gasteiger partial charge >= 0.3 is 5.97 Å². The van der Waals surface area contributed by atoms with Gasteiger partial charge in [-0.25, -0.2) is 0 Å². The number of carbonyl (C=O) groups excluding carboxylic acids is 2. The van der Waals surface area contributed by atoms with Crippen LogP contribution < -0.4 is 16.4 Å². The molecule has 0 saturated carbocycles. The predicted molar refractivity (Wildman–Crippen MR) is 85.5 cm³/mol. The number of carboxylic acid groups (broad SMARTS) is 1. The summed E-state index contributed by atoms with van der Waals surface area (Å²) in [4.78, 5) is 34.6. The van der Waals surface area contributed by atoms with Crippen molar-refractivity contribution in [3.63, 3.8) is 0 Å². The highest BCUT2D eigenvalue weighted by Crippen LogP contribution is 2.11. The first kappa shape index (κ1) is 21.3. The first-order chi connectivity index (χ1) is 10.7. The van der Waals surface area contributed by atoms with Gasteiger partial charge < -0.3 is 26.6 Å². The zero-order chi connectivity index (χ0) is 18.0. The number of aliphatic hydroxyl groups is 1. The summed E-state index contributed by atoms with van der Waals surface area (Å²) >= 11 is 0. The standard InChI is InChI=1S/C15H29N3O5/c1-4-13(20)17-10(5-6-16)15(23)18-11(7-9(2)3)12(19)8-14(21)22/h9-12,19H,4-8,16H2,1-3H3,(H,17,20)(H,18,23)(H,21,22)/t10-,11-,12-/m0/s1. The summed E-state index contributed by atoms with van der Waals surface area (Å²) in [6.07, 6.45) is -0.719. The summed E-state index contributed by atoms with van der Waals surface area (Å²) in [5, 5.41) is 24.0. The number of rotatable bonds is 11. The van der Waals surface area contributed by atoms with Crippen LogP contribution in [0.2, 0.25) is 0 Å². The molecule has 0 fully saturated rings. The number of aliphatic hydroxyl groups excluding tert-OH is 1. The van der Waals surface area contributed by atoms with Gasteiger partial charge in [0.05, 0.1) is 18.6 Å². The molecule has 0 saturated heterocycles. The van der Waals surface area contributed by atoms with E-state index in [0.717, 1.165) is 0 Å². The summed E-state index contributed by atoms with van der Waals surface area (Å²) in [6.45, 7) is 5.70. The smallest absolute Gasteiger partial charge is 0.306 e. The van der Waals surface area contributed by atoms with Gasteiger partial charge in [-0.2, -0.15) is 0 Å². The molecule has 0 aliphatic rings. The molecule has 6 N–H and O–H groups in total. The molecule has 0 aromatic carbocycles. The summed E-state index contributed by atoms with van der Waals surface area (Å²) in [7, 11) is 0. The Kier molecular flexibility index (Phi) is 10.2. The molecule has 0 aromatic heterocycles. The molecular formula is C15H29N3O5. The highest BCUT2D eigenvalue weighted by atomic mass is 16.4. The maximum atomic E-state index is 12.3. The second-order valence-electron chi connectivity index (χ2n) is 5.96. The molecule has 3 atom stereocenters. The fourth-order valence-corrected chi connectivity index (χ4v) is 2.16. The van der Waals surface area contributed by atoms with E-state index in [2.05, 4.69) is 10.6 Å². The number of aliphatic carboxylic acids is 1. The number of hydrogen-bond donors (Lipinski definition) is 5. The fourth-order valence-electron chi connectivity index (χ4n) is 2.16. The van der Waals surface area contributed by atoms with Gasteiger partial charge in [-0.15, -0.1) is 0 Å². The van der Waals surface area contributed by atoms with E-state index in [4.69, 9.17) is 10.8 Å². The topological polar surface area (TPSA) is 142 Å². The predicted octanol–water partition coefficient (Wildman–Crippen LogP) is -0.403. The lowest BCUT2D eigenvalue weighted by atomic mass is 9.96. The van der Waals surface area contributed by atoms with E-state index in [1.54, 1.807) is 6.92 Å². The minimum atomic E-state index is -1.20. The van der Waals surface area contributed by atoms with Crippen molar-refractivity contribution in [2.75, 3.05) is 6.54 Å². The molecule has 8 heteroatoms. The van der Waals surface area contributed by atoms with Crippen molar-refractivity contribution in [1.29, 1.82) is 0 Å². The lowest BCUT2D eigenvalue weighted by Crippen LogP contribution is -2.53. The van der Waals surface area contributed by atoms with Crippen molar-refractivity contribution in [1.82, 2.24) is 10.6 Å². The van der Waals surface area contributed by atoms with Gasteiger partial charge in [0.25, 0.3) is 0 Å². The molecule has 0 aliphatic heterocycles. The number of hydrogen-bond acceptors (Lipinski definition) is 5. The van der Waals surface area contributed by atoms with Crippen LogP contribution in [0, 0.1) is 5.92 Å². The largest absolute Gasteiger partial charge is 0.481 e. The van der Waals surface area contributed by atoms with Crippen molar-refractivity contribution < 1.29 is 24.6 Å². The van der Waals surface area contributed by atoms with Gasteiger partial charge in [0, 0.05) is 6.42 Å². The van der Waals surface area contributed by atoms with Gasteiger partial charge in [-0.1, -0.05) is 20.8 Å². The maximum absolute atomic E-state index is 12.3. The number of amides is 2. The first-order valence-corrected chi connectivity index (χ1v) is 7.90. The summed E-state index contributed by atoms with van der Waals surface area (Å²) in [5.41, 5.74) is 5.46. The Morgan fingerprint density at radius 3 is 2.22 bits per heavy atom. The van der Waals surface area contributed by atoms with Crippen LogP contribution in [0.25, 0.3) is 0 Å². The number of nitrogens with one attached hydrogen (secondary N) is 2. The second-order valence-corrected chi connectivity index (χ2v) is 5.96. The van der Waals surface area contributed by atoms with Crippen molar-refractivity contribution in [3.05, 3.63) is 0 Å². The van der Waals surface area contributed by atoms with Crippen LogP contribution in [-0.2, 0) is 14.4 Å². The number of carboxylic acids is 1. The molecule has 0 unspecified atom stereocenters.